The molecule has 0 spiro atoms. The Morgan fingerprint density at radius 1 is 0.190 bits per heavy atom. The molecular weight excluding hydrogens is 761 g/mol. The van der Waals surface area contributed by atoms with Crippen molar-refractivity contribution in [3.8, 4) is 55.6 Å². The maximum atomic E-state index is 6.18. The molecule has 0 N–H and O–H groups in total. The zero-order valence-electron chi connectivity index (χ0n) is 34.3. The van der Waals surface area contributed by atoms with Gasteiger partial charge in [0.25, 0.3) is 0 Å². The Balaban J connectivity index is 1.07. The first-order chi connectivity index (χ1) is 31.2. The largest absolute Gasteiger partial charge is 0.456 e. The smallest absolute Gasteiger partial charge is 0.135 e. The summed E-state index contributed by atoms with van der Waals surface area (Å²) >= 11 is 0. The molecular formula is C62H38O. The number of fused-ring (bicyclic) bond motifs is 8. The maximum Gasteiger partial charge on any atom is 0.135 e. The summed E-state index contributed by atoms with van der Waals surface area (Å²) in [4.78, 5) is 0. The van der Waals surface area contributed by atoms with E-state index in [0.29, 0.717) is 0 Å². The van der Waals surface area contributed by atoms with Gasteiger partial charge in [0.15, 0.2) is 0 Å². The van der Waals surface area contributed by atoms with Crippen molar-refractivity contribution in [3.05, 3.63) is 231 Å². The van der Waals surface area contributed by atoms with Crippen molar-refractivity contribution < 1.29 is 4.42 Å². The van der Waals surface area contributed by atoms with E-state index in [2.05, 4.69) is 218 Å². The van der Waals surface area contributed by atoms with E-state index < -0.39 is 0 Å². The Labute approximate surface area is 364 Å². The average Bonchev–Trinajstić information content (AvgIpc) is 3.73. The van der Waals surface area contributed by atoms with E-state index in [-0.39, 0.29) is 0 Å². The van der Waals surface area contributed by atoms with Crippen LogP contribution < -0.4 is 0 Å². The molecule has 1 heteroatoms. The van der Waals surface area contributed by atoms with Crippen molar-refractivity contribution in [3.63, 3.8) is 0 Å². The zero-order valence-corrected chi connectivity index (χ0v) is 34.3. The number of rotatable bonds is 5. The molecule has 0 saturated heterocycles. The predicted molar refractivity (Wildman–Crippen MR) is 268 cm³/mol. The molecule has 0 fully saturated rings. The maximum absolute atomic E-state index is 6.18. The summed E-state index contributed by atoms with van der Waals surface area (Å²) in [7, 11) is 0. The third-order valence-corrected chi connectivity index (χ3v) is 13.2. The van der Waals surface area contributed by atoms with Crippen molar-refractivity contribution in [1.29, 1.82) is 0 Å². The first-order valence-corrected chi connectivity index (χ1v) is 21.7. The van der Waals surface area contributed by atoms with Crippen LogP contribution in [0.3, 0.4) is 0 Å². The Kier molecular flexibility index (Phi) is 7.98. The van der Waals surface area contributed by atoms with Crippen molar-refractivity contribution >= 4 is 75.8 Å². The van der Waals surface area contributed by atoms with Gasteiger partial charge >= 0.3 is 0 Å². The lowest BCUT2D eigenvalue weighted by Crippen LogP contribution is -1.93. The van der Waals surface area contributed by atoms with Crippen LogP contribution in [0.5, 0.6) is 0 Å². The van der Waals surface area contributed by atoms with Gasteiger partial charge in [-0.05, 0) is 158 Å². The van der Waals surface area contributed by atoms with E-state index in [1.807, 2.05) is 12.1 Å². The molecule has 13 aromatic rings. The Bertz CT molecular complexity index is 3960. The first-order valence-electron chi connectivity index (χ1n) is 21.7. The van der Waals surface area contributed by atoms with Crippen molar-refractivity contribution in [1.82, 2.24) is 0 Å². The molecule has 0 radical (unpaired) electrons. The van der Waals surface area contributed by atoms with Gasteiger partial charge in [-0.15, -0.1) is 0 Å². The third-order valence-electron chi connectivity index (χ3n) is 13.2. The van der Waals surface area contributed by atoms with Crippen molar-refractivity contribution in [2.45, 2.75) is 0 Å². The summed E-state index contributed by atoms with van der Waals surface area (Å²) in [5.74, 6) is 0. The molecule has 0 bridgehead atoms. The van der Waals surface area contributed by atoms with E-state index in [1.54, 1.807) is 0 Å². The fourth-order valence-electron chi connectivity index (χ4n) is 10.0. The number of furan rings is 1. The van der Waals surface area contributed by atoms with Gasteiger partial charge in [-0.3, -0.25) is 0 Å². The highest BCUT2D eigenvalue weighted by atomic mass is 16.3. The van der Waals surface area contributed by atoms with Crippen LogP contribution in [0.15, 0.2) is 235 Å². The van der Waals surface area contributed by atoms with Crippen LogP contribution in [0, 0.1) is 0 Å². The first kappa shape index (κ1) is 35.5. The predicted octanol–water partition coefficient (Wildman–Crippen LogP) is 17.7. The molecule has 0 amide bonds. The SMILES string of the molecule is c1ccc2cc(-c3ccc4c(-c5ccc6ccccc6c5)c5cc(-c6ccc7ccccc7c6)ccc5c(-c5ccc(-c6ccc7oc8ccccc8c7c6)cc5)c4c3)ccc2c1. The summed E-state index contributed by atoms with van der Waals surface area (Å²) in [6.45, 7) is 0. The lowest BCUT2D eigenvalue weighted by Gasteiger charge is -2.20. The second-order valence-corrected chi connectivity index (χ2v) is 16.8. The van der Waals surface area contributed by atoms with Gasteiger partial charge in [-0.2, -0.15) is 0 Å². The summed E-state index contributed by atoms with van der Waals surface area (Å²) in [5.41, 5.74) is 13.9. The summed E-state index contributed by atoms with van der Waals surface area (Å²) in [5, 5.41) is 14.6. The lowest BCUT2D eigenvalue weighted by atomic mass is 9.83. The summed E-state index contributed by atoms with van der Waals surface area (Å²) in [6.07, 6.45) is 0. The van der Waals surface area contributed by atoms with Gasteiger partial charge in [0.2, 0.25) is 0 Å². The molecule has 13 rings (SSSR count). The van der Waals surface area contributed by atoms with Gasteiger partial charge in [-0.25, -0.2) is 0 Å². The average molecular weight is 799 g/mol. The second-order valence-electron chi connectivity index (χ2n) is 16.8. The topological polar surface area (TPSA) is 13.1 Å². The van der Waals surface area contributed by atoms with Gasteiger partial charge in [-0.1, -0.05) is 182 Å². The minimum atomic E-state index is 0.909. The summed E-state index contributed by atoms with van der Waals surface area (Å²) in [6, 6.07) is 84.8. The highest BCUT2D eigenvalue weighted by Crippen LogP contribution is 2.47. The van der Waals surface area contributed by atoms with Gasteiger partial charge in [0.1, 0.15) is 11.2 Å². The monoisotopic (exact) mass is 798 g/mol. The van der Waals surface area contributed by atoms with Crippen LogP contribution in [-0.4, -0.2) is 0 Å². The van der Waals surface area contributed by atoms with E-state index in [1.165, 1.54) is 109 Å². The van der Waals surface area contributed by atoms with E-state index >= 15 is 0 Å². The minimum absolute atomic E-state index is 0.909. The van der Waals surface area contributed by atoms with Crippen LogP contribution in [0.1, 0.15) is 0 Å². The van der Waals surface area contributed by atoms with E-state index in [9.17, 15) is 0 Å². The minimum Gasteiger partial charge on any atom is -0.456 e. The Morgan fingerprint density at radius 2 is 0.556 bits per heavy atom. The van der Waals surface area contributed by atoms with Crippen molar-refractivity contribution in [2.75, 3.05) is 0 Å². The number of para-hydroxylation sites is 1. The molecule has 0 saturated carbocycles. The standard InChI is InChI=1S/C62H38O/c1-4-12-44-33-47(24-19-39(44)9-1)50-28-31-55-57(37-50)61(43-22-17-42(18-23-43)49-29-32-60-56(36-49)53-15-7-8-16-59(53)63-60)54-30-27-51(48-25-20-40-10-2-5-13-45(40)34-48)38-58(54)62(55)52-26-21-41-11-3-6-14-46(41)35-52/h1-38H. The number of hydrogen-bond donors (Lipinski definition) is 0. The Hall–Kier alpha value is -8.26. The fraction of sp³-hybridized carbons (Fsp3) is 0. The van der Waals surface area contributed by atoms with Crippen LogP contribution in [0.4, 0.5) is 0 Å². The molecule has 12 aromatic carbocycles. The van der Waals surface area contributed by atoms with Crippen LogP contribution in [-0.2, 0) is 0 Å². The molecule has 63 heavy (non-hydrogen) atoms. The quantitative estimate of drug-likeness (QED) is 0.158. The number of hydrogen-bond acceptors (Lipinski definition) is 1. The fourth-order valence-corrected chi connectivity index (χ4v) is 10.0. The van der Waals surface area contributed by atoms with Gasteiger partial charge < -0.3 is 4.42 Å². The molecule has 0 atom stereocenters. The highest BCUT2D eigenvalue weighted by molar-refractivity contribution is 6.23. The van der Waals surface area contributed by atoms with Crippen molar-refractivity contribution in [2.24, 2.45) is 0 Å². The highest BCUT2D eigenvalue weighted by Gasteiger charge is 2.20. The number of benzene rings is 12. The van der Waals surface area contributed by atoms with E-state index in [0.717, 1.165) is 21.9 Å². The Morgan fingerprint density at radius 3 is 1.14 bits per heavy atom. The van der Waals surface area contributed by atoms with E-state index in [4.69, 9.17) is 4.42 Å². The molecule has 0 aliphatic rings. The third kappa shape index (κ3) is 5.93. The molecule has 1 heterocycles. The molecule has 292 valence electrons. The lowest BCUT2D eigenvalue weighted by molar-refractivity contribution is 0.669. The second kappa shape index (κ2) is 14.2. The summed E-state index contributed by atoms with van der Waals surface area (Å²) < 4.78 is 6.18. The molecule has 0 aliphatic heterocycles. The molecule has 1 nitrogen and oxygen atoms in total. The zero-order chi connectivity index (χ0) is 41.4. The van der Waals surface area contributed by atoms with Crippen LogP contribution in [0.2, 0.25) is 0 Å². The van der Waals surface area contributed by atoms with Crippen LogP contribution in [0.25, 0.3) is 131 Å². The molecule has 0 unspecified atom stereocenters. The molecule has 0 aliphatic carbocycles. The van der Waals surface area contributed by atoms with Crippen LogP contribution >= 0.6 is 0 Å². The van der Waals surface area contributed by atoms with Gasteiger partial charge in [0.05, 0.1) is 0 Å². The normalized spacial score (nSPS) is 11.8. The molecule has 1 aromatic heterocycles. The van der Waals surface area contributed by atoms with Gasteiger partial charge in [0, 0.05) is 10.8 Å².